The smallest absolute Gasteiger partial charge is 0.412 e. The number of benzene rings is 2. The molecule has 7 nitrogen and oxygen atoms in total. The standard InChI is InChI=1S/C25H27ClFN3O4/c1-30(24(32)11-9-17-8-10-20(27)14-22(17)26)21(7-4-12-31)16-34-25(33)29-23-13-18-5-2-3-6-19(18)15-28-23/h2-3,5-6,8,10,13-15,21,31H,4,7,9,11-12,16H2,1H3,(H,28,29,33)/t21-/m0/s1. The number of carbonyl (C=O) groups excluding carboxylic acids is 2. The number of fused-ring (bicyclic) bond motifs is 1. The molecule has 0 saturated heterocycles. The Morgan fingerprint density at radius 1 is 1.21 bits per heavy atom. The van der Waals surface area contributed by atoms with Crippen LogP contribution in [0.2, 0.25) is 5.02 Å². The monoisotopic (exact) mass is 487 g/mol. The van der Waals surface area contributed by atoms with Crippen molar-refractivity contribution >= 4 is 40.2 Å². The van der Waals surface area contributed by atoms with Crippen molar-refractivity contribution in [3.63, 3.8) is 0 Å². The number of hydrogen-bond acceptors (Lipinski definition) is 5. The molecule has 0 bridgehead atoms. The van der Waals surface area contributed by atoms with Gasteiger partial charge >= 0.3 is 6.09 Å². The number of likely N-dealkylation sites (N-methyl/N-ethyl adjacent to an activating group) is 1. The molecule has 0 unspecified atom stereocenters. The number of aromatic nitrogens is 1. The fourth-order valence-corrected chi connectivity index (χ4v) is 3.79. The second kappa shape index (κ2) is 12.3. The average molecular weight is 488 g/mol. The molecule has 0 spiro atoms. The van der Waals surface area contributed by atoms with E-state index in [0.717, 1.165) is 10.8 Å². The van der Waals surface area contributed by atoms with Crippen molar-refractivity contribution in [1.29, 1.82) is 0 Å². The lowest BCUT2D eigenvalue weighted by Gasteiger charge is -2.28. The minimum atomic E-state index is -0.685. The fourth-order valence-electron chi connectivity index (χ4n) is 3.53. The molecule has 180 valence electrons. The van der Waals surface area contributed by atoms with E-state index in [0.29, 0.717) is 30.6 Å². The molecule has 0 aliphatic heterocycles. The molecule has 2 N–H and O–H groups in total. The van der Waals surface area contributed by atoms with Gasteiger partial charge < -0.3 is 14.7 Å². The van der Waals surface area contributed by atoms with Gasteiger partial charge in [0.2, 0.25) is 5.91 Å². The molecule has 3 rings (SSSR count). The molecule has 1 aromatic heterocycles. The third-order valence-electron chi connectivity index (χ3n) is 5.53. The Morgan fingerprint density at radius 3 is 2.71 bits per heavy atom. The lowest BCUT2D eigenvalue weighted by atomic mass is 10.1. The number of halogens is 2. The predicted octanol–water partition coefficient (Wildman–Crippen LogP) is 4.81. The Bertz CT molecular complexity index is 1140. The van der Waals surface area contributed by atoms with Crippen molar-refractivity contribution in [3.05, 3.63) is 71.1 Å². The number of aliphatic hydroxyl groups is 1. The minimum absolute atomic E-state index is 0.0427. The Labute approximate surface area is 202 Å². The molecule has 1 heterocycles. The zero-order valence-electron chi connectivity index (χ0n) is 18.8. The highest BCUT2D eigenvalue weighted by molar-refractivity contribution is 6.31. The minimum Gasteiger partial charge on any atom is -0.447 e. The van der Waals surface area contributed by atoms with Gasteiger partial charge in [0.1, 0.15) is 18.2 Å². The van der Waals surface area contributed by atoms with Crippen molar-refractivity contribution in [1.82, 2.24) is 9.88 Å². The summed E-state index contributed by atoms with van der Waals surface area (Å²) in [5.41, 5.74) is 0.676. The van der Waals surface area contributed by atoms with Crippen molar-refractivity contribution in [2.45, 2.75) is 31.7 Å². The molecule has 1 atom stereocenters. The number of anilines is 1. The summed E-state index contributed by atoms with van der Waals surface area (Å²) in [5, 5.41) is 14.0. The molecule has 0 saturated carbocycles. The van der Waals surface area contributed by atoms with E-state index in [1.807, 2.05) is 24.3 Å². The van der Waals surface area contributed by atoms with Crippen molar-refractivity contribution < 1.29 is 23.8 Å². The van der Waals surface area contributed by atoms with Crippen LogP contribution >= 0.6 is 11.6 Å². The number of nitrogens with one attached hydrogen (secondary N) is 1. The number of aliphatic hydroxyl groups excluding tert-OH is 1. The van der Waals surface area contributed by atoms with Crippen molar-refractivity contribution in [3.8, 4) is 0 Å². The van der Waals surface area contributed by atoms with E-state index >= 15 is 0 Å². The van der Waals surface area contributed by atoms with Crippen LogP contribution in [0.15, 0.2) is 54.7 Å². The van der Waals surface area contributed by atoms with E-state index in [4.69, 9.17) is 16.3 Å². The number of carbonyl (C=O) groups is 2. The normalized spacial score (nSPS) is 11.8. The van der Waals surface area contributed by atoms with Gasteiger partial charge in [0.25, 0.3) is 0 Å². The maximum absolute atomic E-state index is 13.2. The van der Waals surface area contributed by atoms with Crippen LogP contribution in [0.25, 0.3) is 10.8 Å². The van der Waals surface area contributed by atoms with Gasteiger partial charge in [-0.25, -0.2) is 14.2 Å². The van der Waals surface area contributed by atoms with E-state index in [1.54, 1.807) is 25.4 Å². The largest absolute Gasteiger partial charge is 0.447 e. The summed E-state index contributed by atoms with van der Waals surface area (Å²) in [6, 6.07) is 13.0. The number of ether oxygens (including phenoxy) is 1. The maximum Gasteiger partial charge on any atom is 0.412 e. The van der Waals surface area contributed by atoms with Crippen LogP contribution in [0.5, 0.6) is 0 Å². The molecular formula is C25H27ClFN3O4. The van der Waals surface area contributed by atoms with Gasteiger partial charge in [-0.3, -0.25) is 10.1 Å². The van der Waals surface area contributed by atoms with E-state index in [-0.39, 0.29) is 30.6 Å². The van der Waals surface area contributed by atoms with Crippen LogP contribution in [0.4, 0.5) is 15.0 Å². The first-order valence-electron chi connectivity index (χ1n) is 11.0. The lowest BCUT2D eigenvalue weighted by Crippen LogP contribution is -2.41. The van der Waals surface area contributed by atoms with Crippen molar-refractivity contribution in [2.24, 2.45) is 0 Å². The number of rotatable bonds is 10. The predicted molar refractivity (Wildman–Crippen MR) is 129 cm³/mol. The first kappa shape index (κ1) is 25.4. The summed E-state index contributed by atoms with van der Waals surface area (Å²) in [5.74, 6) is -0.254. The summed E-state index contributed by atoms with van der Waals surface area (Å²) in [6.07, 6.45) is 2.39. The summed E-state index contributed by atoms with van der Waals surface area (Å²) < 4.78 is 18.6. The molecule has 2 aromatic carbocycles. The van der Waals surface area contributed by atoms with E-state index in [1.165, 1.54) is 17.0 Å². The highest BCUT2D eigenvalue weighted by Gasteiger charge is 2.22. The second-order valence-corrected chi connectivity index (χ2v) is 8.31. The molecular weight excluding hydrogens is 461 g/mol. The Balaban J connectivity index is 1.55. The topological polar surface area (TPSA) is 91.8 Å². The summed E-state index contributed by atoms with van der Waals surface area (Å²) >= 11 is 6.04. The SMILES string of the molecule is CN(C(=O)CCc1ccc(F)cc1Cl)[C@@H](CCCO)COC(=O)Nc1cc2ccccc2cn1. The van der Waals surface area contributed by atoms with Gasteiger partial charge in [-0.1, -0.05) is 41.9 Å². The van der Waals surface area contributed by atoms with Crippen LogP contribution in [0.3, 0.4) is 0 Å². The van der Waals surface area contributed by atoms with Gasteiger partial charge in [-0.15, -0.1) is 0 Å². The van der Waals surface area contributed by atoms with Crippen molar-refractivity contribution in [2.75, 3.05) is 25.6 Å². The van der Waals surface area contributed by atoms with E-state index in [2.05, 4.69) is 10.3 Å². The van der Waals surface area contributed by atoms with Gasteiger partial charge in [0, 0.05) is 36.7 Å². The third kappa shape index (κ3) is 7.13. The number of amides is 2. The molecule has 0 aliphatic carbocycles. The zero-order chi connectivity index (χ0) is 24.5. The fraction of sp³-hybridized carbons (Fsp3) is 0.320. The maximum atomic E-state index is 13.2. The molecule has 0 radical (unpaired) electrons. The van der Waals surface area contributed by atoms with Gasteiger partial charge in [0.05, 0.1) is 6.04 Å². The molecule has 34 heavy (non-hydrogen) atoms. The Kier molecular flexibility index (Phi) is 9.18. The van der Waals surface area contributed by atoms with Crippen LogP contribution in [0, 0.1) is 5.82 Å². The number of pyridine rings is 1. The van der Waals surface area contributed by atoms with E-state index < -0.39 is 18.0 Å². The zero-order valence-corrected chi connectivity index (χ0v) is 19.6. The number of hydrogen-bond donors (Lipinski definition) is 2. The highest BCUT2D eigenvalue weighted by Crippen LogP contribution is 2.20. The third-order valence-corrected chi connectivity index (χ3v) is 5.88. The highest BCUT2D eigenvalue weighted by atomic mass is 35.5. The molecule has 2 amide bonds. The molecule has 0 fully saturated rings. The quantitative estimate of drug-likeness (QED) is 0.428. The number of aryl methyl sites for hydroxylation is 1. The Morgan fingerprint density at radius 2 is 1.97 bits per heavy atom. The van der Waals surface area contributed by atoms with E-state index in [9.17, 15) is 19.1 Å². The summed E-state index contributed by atoms with van der Waals surface area (Å²) in [6.45, 7) is -0.0874. The van der Waals surface area contributed by atoms with Crippen LogP contribution in [0.1, 0.15) is 24.8 Å². The molecule has 0 aliphatic rings. The average Bonchev–Trinajstić information content (AvgIpc) is 2.83. The van der Waals surface area contributed by atoms with Gasteiger partial charge in [-0.05, 0) is 48.4 Å². The Hall–Kier alpha value is -3.23. The second-order valence-electron chi connectivity index (χ2n) is 7.90. The number of nitrogens with zero attached hydrogens (tertiary/aromatic N) is 2. The van der Waals surface area contributed by atoms with Gasteiger partial charge in [-0.2, -0.15) is 0 Å². The van der Waals surface area contributed by atoms with Crippen LogP contribution in [-0.2, 0) is 16.0 Å². The van der Waals surface area contributed by atoms with Crippen LogP contribution < -0.4 is 5.32 Å². The first-order chi connectivity index (χ1) is 16.4. The first-order valence-corrected chi connectivity index (χ1v) is 11.3. The molecule has 3 aromatic rings. The summed E-state index contributed by atoms with van der Waals surface area (Å²) in [7, 11) is 1.63. The lowest BCUT2D eigenvalue weighted by molar-refractivity contribution is -0.133. The summed E-state index contributed by atoms with van der Waals surface area (Å²) in [4.78, 5) is 30.8. The van der Waals surface area contributed by atoms with Crippen LogP contribution in [-0.4, -0.2) is 53.3 Å². The van der Waals surface area contributed by atoms with Gasteiger partial charge in [0.15, 0.2) is 0 Å². The molecule has 9 heteroatoms.